The first-order valence-electron chi connectivity index (χ1n) is 5.41. The van der Waals surface area contributed by atoms with Crippen LogP contribution in [0.5, 0.6) is 5.75 Å². The van der Waals surface area contributed by atoms with Crippen LogP contribution in [0.25, 0.3) is 0 Å². The summed E-state index contributed by atoms with van der Waals surface area (Å²) in [5, 5.41) is 18.3. The molecule has 4 nitrogen and oxygen atoms in total. The Morgan fingerprint density at radius 3 is 2.82 bits per heavy atom. The van der Waals surface area contributed by atoms with Crippen LogP contribution >= 0.6 is 15.9 Å². The van der Waals surface area contributed by atoms with E-state index in [2.05, 4.69) is 15.9 Å². The van der Waals surface area contributed by atoms with Gasteiger partial charge in [-0.25, -0.2) is 4.79 Å². The zero-order valence-corrected chi connectivity index (χ0v) is 10.7. The molecule has 0 aromatic heterocycles. The van der Waals surface area contributed by atoms with Crippen LogP contribution < -0.4 is 4.74 Å². The van der Waals surface area contributed by atoms with Gasteiger partial charge in [0.05, 0.1) is 11.1 Å². The number of hydrogen-bond acceptors (Lipinski definition) is 3. The van der Waals surface area contributed by atoms with Crippen LogP contribution in [0.3, 0.4) is 0 Å². The van der Waals surface area contributed by atoms with E-state index < -0.39 is 12.1 Å². The van der Waals surface area contributed by atoms with Crippen molar-refractivity contribution in [2.45, 2.75) is 18.9 Å². The summed E-state index contributed by atoms with van der Waals surface area (Å²) in [6, 6.07) is 4.99. The Labute approximate surface area is 107 Å². The van der Waals surface area contributed by atoms with Gasteiger partial charge in [-0.15, -0.1) is 0 Å². The lowest BCUT2D eigenvalue weighted by Gasteiger charge is -2.13. The summed E-state index contributed by atoms with van der Waals surface area (Å²) in [5.74, 6) is -0.0744. The van der Waals surface area contributed by atoms with Crippen LogP contribution in [0.2, 0.25) is 0 Å². The van der Waals surface area contributed by atoms with E-state index in [1.165, 1.54) is 12.8 Å². The lowest BCUT2D eigenvalue weighted by Crippen LogP contribution is -2.11. The van der Waals surface area contributed by atoms with Crippen LogP contribution in [0.4, 0.5) is 0 Å². The van der Waals surface area contributed by atoms with Gasteiger partial charge in [0.25, 0.3) is 0 Å². The molecule has 2 N–H and O–H groups in total. The molecule has 92 valence electrons. The summed E-state index contributed by atoms with van der Waals surface area (Å²) >= 11 is 3.27. The summed E-state index contributed by atoms with van der Waals surface area (Å²) in [6.45, 7) is 0.644. The molecule has 1 aromatic carbocycles. The predicted molar refractivity (Wildman–Crippen MR) is 65.0 cm³/mol. The highest BCUT2D eigenvalue weighted by Crippen LogP contribution is 2.35. The molecule has 1 unspecified atom stereocenters. The fourth-order valence-electron chi connectivity index (χ4n) is 1.48. The summed E-state index contributed by atoms with van der Waals surface area (Å²) in [5.41, 5.74) is 0.311. The number of aliphatic hydroxyl groups excluding tert-OH is 1. The number of halogens is 1. The standard InChI is InChI=1S/C12H13BrO4/c13-10-8(11(14)12(15)16)2-1-3-9(10)17-6-7-4-5-7/h1-3,7,11,14H,4-6H2,(H,15,16). The minimum absolute atomic E-state index is 0.311. The quantitative estimate of drug-likeness (QED) is 0.876. The monoisotopic (exact) mass is 300 g/mol. The van der Waals surface area contributed by atoms with Crippen LogP contribution in [0, 0.1) is 5.92 Å². The third-order valence-corrected chi connectivity index (χ3v) is 3.54. The van der Waals surface area contributed by atoms with E-state index >= 15 is 0 Å². The van der Waals surface area contributed by atoms with Gasteiger partial charge < -0.3 is 14.9 Å². The van der Waals surface area contributed by atoms with Crippen LogP contribution in [-0.4, -0.2) is 22.8 Å². The van der Waals surface area contributed by atoms with E-state index in [0.29, 0.717) is 28.3 Å². The summed E-state index contributed by atoms with van der Waals surface area (Å²) in [7, 11) is 0. The van der Waals surface area contributed by atoms with Crippen LogP contribution in [-0.2, 0) is 4.79 Å². The SMILES string of the molecule is O=C(O)C(O)c1cccc(OCC2CC2)c1Br. The van der Waals surface area contributed by atoms with E-state index in [9.17, 15) is 9.90 Å². The number of aliphatic hydroxyl groups is 1. The van der Waals surface area contributed by atoms with Gasteiger partial charge in [-0.3, -0.25) is 0 Å². The van der Waals surface area contributed by atoms with Gasteiger partial charge in [0.15, 0.2) is 6.10 Å². The molecule has 1 saturated carbocycles. The van der Waals surface area contributed by atoms with Crippen molar-refractivity contribution in [1.82, 2.24) is 0 Å². The molecule has 1 atom stereocenters. The smallest absolute Gasteiger partial charge is 0.337 e. The first kappa shape index (κ1) is 12.4. The molecule has 17 heavy (non-hydrogen) atoms. The minimum atomic E-state index is -1.53. The number of carbonyl (C=O) groups is 1. The average molecular weight is 301 g/mol. The lowest BCUT2D eigenvalue weighted by molar-refractivity contribution is -0.147. The maximum absolute atomic E-state index is 10.7. The van der Waals surface area contributed by atoms with Crippen molar-refractivity contribution in [3.05, 3.63) is 28.2 Å². The summed E-state index contributed by atoms with van der Waals surface area (Å²) in [4.78, 5) is 10.7. The highest BCUT2D eigenvalue weighted by molar-refractivity contribution is 9.10. The van der Waals surface area contributed by atoms with E-state index in [1.807, 2.05) is 0 Å². The van der Waals surface area contributed by atoms with Gasteiger partial charge in [0, 0.05) is 5.56 Å². The van der Waals surface area contributed by atoms with Gasteiger partial charge in [-0.05, 0) is 40.8 Å². The third-order valence-electron chi connectivity index (χ3n) is 2.69. The van der Waals surface area contributed by atoms with Crippen molar-refractivity contribution in [3.63, 3.8) is 0 Å². The zero-order chi connectivity index (χ0) is 12.4. The summed E-state index contributed by atoms with van der Waals surface area (Å²) < 4.78 is 6.09. The number of carboxylic acids is 1. The molecule has 1 fully saturated rings. The molecular formula is C12H13BrO4. The maximum atomic E-state index is 10.7. The molecule has 2 rings (SSSR count). The Morgan fingerprint density at radius 2 is 2.24 bits per heavy atom. The predicted octanol–water partition coefficient (Wildman–Crippen LogP) is 2.36. The largest absolute Gasteiger partial charge is 0.492 e. The Morgan fingerprint density at radius 1 is 1.53 bits per heavy atom. The second-order valence-electron chi connectivity index (χ2n) is 4.15. The molecular weight excluding hydrogens is 288 g/mol. The number of benzene rings is 1. The first-order valence-corrected chi connectivity index (χ1v) is 6.21. The summed E-state index contributed by atoms with van der Waals surface area (Å²) in [6.07, 6.45) is 0.846. The van der Waals surface area contributed by atoms with Gasteiger partial charge in [0.2, 0.25) is 0 Å². The maximum Gasteiger partial charge on any atom is 0.337 e. The topological polar surface area (TPSA) is 66.8 Å². The Balaban J connectivity index is 2.16. The Kier molecular flexibility index (Phi) is 3.69. The molecule has 0 radical (unpaired) electrons. The van der Waals surface area contributed by atoms with Crippen LogP contribution in [0.1, 0.15) is 24.5 Å². The average Bonchev–Trinajstić information content (AvgIpc) is 3.10. The molecule has 1 aliphatic rings. The molecule has 0 aliphatic heterocycles. The van der Waals surface area contributed by atoms with E-state index in [1.54, 1.807) is 18.2 Å². The van der Waals surface area contributed by atoms with Crippen molar-refractivity contribution in [3.8, 4) is 5.75 Å². The van der Waals surface area contributed by atoms with Gasteiger partial charge in [-0.2, -0.15) is 0 Å². The van der Waals surface area contributed by atoms with E-state index in [-0.39, 0.29) is 0 Å². The third kappa shape index (κ3) is 2.98. The number of rotatable bonds is 5. The fourth-order valence-corrected chi connectivity index (χ4v) is 2.07. The fraction of sp³-hybridized carbons (Fsp3) is 0.417. The van der Waals surface area contributed by atoms with Crippen molar-refractivity contribution < 1.29 is 19.7 Å². The van der Waals surface area contributed by atoms with Crippen LogP contribution in [0.15, 0.2) is 22.7 Å². The number of aliphatic carboxylic acids is 1. The van der Waals surface area contributed by atoms with Crippen molar-refractivity contribution in [1.29, 1.82) is 0 Å². The zero-order valence-electron chi connectivity index (χ0n) is 9.10. The van der Waals surface area contributed by atoms with E-state index in [0.717, 1.165) is 0 Å². The highest BCUT2D eigenvalue weighted by Gasteiger charge is 2.24. The van der Waals surface area contributed by atoms with Crippen molar-refractivity contribution >= 4 is 21.9 Å². The van der Waals surface area contributed by atoms with Gasteiger partial charge >= 0.3 is 5.97 Å². The first-order chi connectivity index (χ1) is 8.09. The number of carboxylic acid groups (broad SMARTS) is 1. The number of ether oxygens (including phenoxy) is 1. The van der Waals surface area contributed by atoms with Crippen molar-refractivity contribution in [2.75, 3.05) is 6.61 Å². The second kappa shape index (κ2) is 5.06. The Hall–Kier alpha value is -1.07. The normalized spacial score (nSPS) is 16.6. The molecule has 0 spiro atoms. The highest BCUT2D eigenvalue weighted by atomic mass is 79.9. The molecule has 0 amide bonds. The van der Waals surface area contributed by atoms with Gasteiger partial charge in [0.1, 0.15) is 5.75 Å². The molecule has 0 saturated heterocycles. The molecule has 0 bridgehead atoms. The molecule has 5 heteroatoms. The Bertz CT molecular complexity index is 429. The molecule has 1 aliphatic carbocycles. The lowest BCUT2D eigenvalue weighted by atomic mass is 10.1. The second-order valence-corrected chi connectivity index (χ2v) is 4.95. The molecule has 0 heterocycles. The minimum Gasteiger partial charge on any atom is -0.492 e. The molecule has 1 aromatic rings. The van der Waals surface area contributed by atoms with E-state index in [4.69, 9.17) is 9.84 Å². The van der Waals surface area contributed by atoms with Gasteiger partial charge in [-0.1, -0.05) is 12.1 Å². The number of hydrogen-bond donors (Lipinski definition) is 2. The van der Waals surface area contributed by atoms with Crippen molar-refractivity contribution in [2.24, 2.45) is 5.92 Å².